The van der Waals surface area contributed by atoms with Crippen LogP contribution in [0.4, 0.5) is 11.4 Å². The number of anilines is 2. The Labute approximate surface area is 152 Å². The van der Waals surface area contributed by atoms with Crippen LogP contribution >= 0.6 is 0 Å². The molecule has 1 N–H and O–H groups in total. The van der Waals surface area contributed by atoms with E-state index in [0.717, 1.165) is 17.7 Å². The fourth-order valence-electron chi connectivity index (χ4n) is 2.97. The number of sulfonamides is 1. The third-order valence-electron chi connectivity index (χ3n) is 4.27. The predicted octanol–water partition coefficient (Wildman–Crippen LogP) is 2.41. The van der Waals surface area contributed by atoms with Crippen molar-refractivity contribution in [3.05, 3.63) is 42.0 Å². The van der Waals surface area contributed by atoms with Gasteiger partial charge in [0.15, 0.2) is 0 Å². The van der Waals surface area contributed by atoms with E-state index in [1.54, 1.807) is 23.1 Å². The molecule has 0 bridgehead atoms. The van der Waals surface area contributed by atoms with Crippen LogP contribution in [-0.4, -0.2) is 35.1 Å². The van der Waals surface area contributed by atoms with Gasteiger partial charge in [0.05, 0.1) is 19.9 Å². The maximum Gasteiger partial charge on any atom is 0.265 e. The highest BCUT2D eigenvalue weighted by Gasteiger charge is 2.25. The highest BCUT2D eigenvalue weighted by molar-refractivity contribution is 7.92. The molecular formula is C18H20N2O5S. The number of amides is 1. The number of hydrogen-bond acceptors (Lipinski definition) is 5. The molecule has 1 aliphatic rings. The second-order valence-electron chi connectivity index (χ2n) is 5.89. The molecule has 0 radical (unpaired) electrons. The maximum atomic E-state index is 12.8. The molecule has 3 rings (SSSR count). The molecule has 0 fully saturated rings. The van der Waals surface area contributed by atoms with Gasteiger partial charge in [0.2, 0.25) is 5.91 Å². The normalized spacial score (nSPS) is 13.3. The number of methoxy groups -OCH3 is 2. The summed E-state index contributed by atoms with van der Waals surface area (Å²) >= 11 is 0. The molecule has 8 heteroatoms. The SMILES string of the molecule is COc1ccc(OC)c(S(=O)(=O)Nc2ccc3c(c2)N(C(C)=O)CC3)c1. The second kappa shape index (κ2) is 6.87. The van der Waals surface area contributed by atoms with E-state index in [9.17, 15) is 13.2 Å². The average Bonchev–Trinajstić information content (AvgIpc) is 3.04. The highest BCUT2D eigenvalue weighted by Crippen LogP contribution is 2.33. The van der Waals surface area contributed by atoms with Gasteiger partial charge in [0, 0.05) is 25.2 Å². The van der Waals surface area contributed by atoms with Gasteiger partial charge in [-0.25, -0.2) is 8.42 Å². The molecule has 0 atom stereocenters. The summed E-state index contributed by atoms with van der Waals surface area (Å²) < 4.78 is 38.5. The predicted molar refractivity (Wildman–Crippen MR) is 98.5 cm³/mol. The van der Waals surface area contributed by atoms with Crippen LogP contribution in [0.2, 0.25) is 0 Å². The second-order valence-corrected chi connectivity index (χ2v) is 7.54. The minimum atomic E-state index is -3.90. The summed E-state index contributed by atoms with van der Waals surface area (Å²) in [5.74, 6) is 0.547. The lowest BCUT2D eigenvalue weighted by Gasteiger charge is -2.17. The van der Waals surface area contributed by atoms with Crippen molar-refractivity contribution < 1.29 is 22.7 Å². The summed E-state index contributed by atoms with van der Waals surface area (Å²) in [6, 6.07) is 9.75. The lowest BCUT2D eigenvalue weighted by molar-refractivity contribution is -0.116. The summed E-state index contributed by atoms with van der Waals surface area (Å²) in [5.41, 5.74) is 2.12. The standard InChI is InChI=1S/C18H20N2O5S/c1-12(21)20-9-8-13-4-5-14(10-16(13)20)19-26(22,23)18-11-15(24-2)6-7-17(18)25-3/h4-7,10-11,19H,8-9H2,1-3H3. The lowest BCUT2D eigenvalue weighted by atomic mass is 10.1. The Morgan fingerprint density at radius 3 is 2.54 bits per heavy atom. The summed E-state index contributed by atoms with van der Waals surface area (Å²) in [4.78, 5) is 13.4. The first-order valence-electron chi connectivity index (χ1n) is 8.01. The van der Waals surface area contributed by atoms with Gasteiger partial charge in [-0.2, -0.15) is 0 Å². The molecule has 1 heterocycles. The number of rotatable bonds is 5. The zero-order valence-corrected chi connectivity index (χ0v) is 15.6. The number of hydrogen-bond donors (Lipinski definition) is 1. The van der Waals surface area contributed by atoms with Crippen LogP contribution in [0.5, 0.6) is 11.5 Å². The van der Waals surface area contributed by atoms with E-state index < -0.39 is 10.0 Å². The van der Waals surface area contributed by atoms with Crippen LogP contribution in [0.15, 0.2) is 41.3 Å². The van der Waals surface area contributed by atoms with Crippen LogP contribution in [-0.2, 0) is 21.2 Å². The van der Waals surface area contributed by atoms with Crippen LogP contribution in [0.25, 0.3) is 0 Å². The van der Waals surface area contributed by atoms with Gasteiger partial charge in [-0.1, -0.05) is 6.07 Å². The first kappa shape index (κ1) is 18.1. The molecule has 0 aromatic heterocycles. The fraction of sp³-hybridized carbons (Fsp3) is 0.278. The molecule has 2 aromatic rings. The lowest BCUT2D eigenvalue weighted by Crippen LogP contribution is -2.25. The Morgan fingerprint density at radius 1 is 1.12 bits per heavy atom. The Balaban J connectivity index is 1.96. The Bertz CT molecular complexity index is 956. The van der Waals surface area contributed by atoms with E-state index in [4.69, 9.17) is 9.47 Å². The van der Waals surface area contributed by atoms with E-state index in [2.05, 4.69) is 4.72 Å². The first-order valence-corrected chi connectivity index (χ1v) is 9.50. The third-order valence-corrected chi connectivity index (χ3v) is 5.68. The summed E-state index contributed by atoms with van der Waals surface area (Å²) in [7, 11) is -1.04. The van der Waals surface area contributed by atoms with E-state index in [-0.39, 0.29) is 16.6 Å². The molecule has 0 unspecified atom stereocenters. The van der Waals surface area contributed by atoms with Gasteiger partial charge in [-0.05, 0) is 36.2 Å². The monoisotopic (exact) mass is 376 g/mol. The number of carbonyl (C=O) groups is 1. The first-order chi connectivity index (χ1) is 12.4. The Kier molecular flexibility index (Phi) is 4.78. The van der Waals surface area contributed by atoms with Crippen molar-refractivity contribution >= 4 is 27.3 Å². The molecule has 1 aliphatic heterocycles. The van der Waals surface area contributed by atoms with Crippen LogP contribution < -0.4 is 19.1 Å². The van der Waals surface area contributed by atoms with Crippen LogP contribution in [0.1, 0.15) is 12.5 Å². The number of nitrogens with zero attached hydrogens (tertiary/aromatic N) is 1. The zero-order valence-electron chi connectivity index (χ0n) is 14.8. The third kappa shape index (κ3) is 3.32. The van der Waals surface area contributed by atoms with Crippen molar-refractivity contribution in [3.63, 3.8) is 0 Å². The topological polar surface area (TPSA) is 84.9 Å². The Morgan fingerprint density at radius 2 is 1.88 bits per heavy atom. The largest absolute Gasteiger partial charge is 0.497 e. The molecule has 0 saturated heterocycles. The highest BCUT2D eigenvalue weighted by atomic mass is 32.2. The van der Waals surface area contributed by atoms with Crippen LogP contribution in [0.3, 0.4) is 0 Å². The van der Waals surface area contributed by atoms with Gasteiger partial charge in [0.25, 0.3) is 10.0 Å². The molecule has 138 valence electrons. The zero-order chi connectivity index (χ0) is 18.9. The fourth-order valence-corrected chi connectivity index (χ4v) is 4.21. The number of fused-ring (bicyclic) bond motifs is 1. The molecule has 0 aliphatic carbocycles. The quantitative estimate of drug-likeness (QED) is 0.866. The van der Waals surface area contributed by atoms with E-state index in [1.165, 1.54) is 33.3 Å². The minimum Gasteiger partial charge on any atom is -0.497 e. The molecule has 0 saturated carbocycles. The number of ether oxygens (including phenoxy) is 2. The number of benzene rings is 2. The van der Waals surface area contributed by atoms with Crippen molar-refractivity contribution in [1.82, 2.24) is 0 Å². The van der Waals surface area contributed by atoms with Gasteiger partial charge < -0.3 is 14.4 Å². The molecule has 2 aromatic carbocycles. The van der Waals surface area contributed by atoms with Gasteiger partial charge in [-0.3, -0.25) is 9.52 Å². The van der Waals surface area contributed by atoms with Crippen molar-refractivity contribution in [2.75, 3.05) is 30.4 Å². The van der Waals surface area contributed by atoms with Crippen molar-refractivity contribution in [1.29, 1.82) is 0 Å². The van der Waals surface area contributed by atoms with Crippen molar-refractivity contribution in [3.8, 4) is 11.5 Å². The summed E-state index contributed by atoms with van der Waals surface area (Å²) in [6.07, 6.45) is 0.756. The van der Waals surface area contributed by atoms with Crippen LogP contribution in [0, 0.1) is 0 Å². The average molecular weight is 376 g/mol. The molecule has 26 heavy (non-hydrogen) atoms. The van der Waals surface area contributed by atoms with Gasteiger partial charge >= 0.3 is 0 Å². The Hall–Kier alpha value is -2.74. The minimum absolute atomic E-state index is 0.0247. The van der Waals surface area contributed by atoms with E-state index in [0.29, 0.717) is 18.0 Å². The van der Waals surface area contributed by atoms with Gasteiger partial charge in [0.1, 0.15) is 16.4 Å². The number of nitrogens with one attached hydrogen (secondary N) is 1. The molecular weight excluding hydrogens is 356 g/mol. The number of carbonyl (C=O) groups excluding carboxylic acids is 1. The molecule has 7 nitrogen and oxygen atoms in total. The van der Waals surface area contributed by atoms with Crippen molar-refractivity contribution in [2.24, 2.45) is 0 Å². The molecule has 1 amide bonds. The van der Waals surface area contributed by atoms with E-state index in [1.807, 2.05) is 6.07 Å². The maximum absolute atomic E-state index is 12.8. The van der Waals surface area contributed by atoms with Crippen molar-refractivity contribution in [2.45, 2.75) is 18.2 Å². The van der Waals surface area contributed by atoms with Gasteiger partial charge in [-0.15, -0.1) is 0 Å². The summed E-state index contributed by atoms with van der Waals surface area (Å²) in [5, 5.41) is 0. The smallest absolute Gasteiger partial charge is 0.265 e. The van der Waals surface area contributed by atoms with E-state index >= 15 is 0 Å². The molecule has 0 spiro atoms. The summed E-state index contributed by atoms with van der Waals surface area (Å²) in [6.45, 7) is 2.09.